The molecule has 1 N–H and O–H groups in total. The number of fused-ring (bicyclic) bond motifs is 3. The molecule has 1 amide bonds. The van der Waals surface area contributed by atoms with Crippen molar-refractivity contribution in [2.45, 2.75) is 32.1 Å². The minimum Gasteiger partial charge on any atom is -0.490 e. The number of thioether (sulfide) groups is 1. The predicted octanol–water partition coefficient (Wildman–Crippen LogP) is 3.24. The smallest absolute Gasteiger partial charge is 0.325 e. The maximum Gasteiger partial charge on any atom is 0.325 e. The van der Waals surface area contributed by atoms with Crippen LogP contribution < -0.4 is 24.6 Å². The maximum absolute atomic E-state index is 13.3. The van der Waals surface area contributed by atoms with Gasteiger partial charge >= 0.3 is 17.2 Å². The van der Waals surface area contributed by atoms with E-state index in [-0.39, 0.29) is 17.2 Å². The Labute approximate surface area is 206 Å². The number of esters is 1. The molecule has 0 saturated carbocycles. The van der Waals surface area contributed by atoms with Gasteiger partial charge in [0, 0.05) is 30.3 Å². The molecular formula is C25H25N4O5S+. The average molecular weight is 494 g/mol. The van der Waals surface area contributed by atoms with Gasteiger partial charge in [0.2, 0.25) is 11.1 Å². The number of hydrogen-bond acceptors (Lipinski definition) is 7. The van der Waals surface area contributed by atoms with Crippen molar-refractivity contribution in [3.05, 3.63) is 71.0 Å². The molecule has 180 valence electrons. The summed E-state index contributed by atoms with van der Waals surface area (Å²) in [4.78, 5) is 42.3. The van der Waals surface area contributed by atoms with E-state index in [9.17, 15) is 14.4 Å². The van der Waals surface area contributed by atoms with Crippen LogP contribution in [0.2, 0.25) is 0 Å². The van der Waals surface area contributed by atoms with Crippen LogP contribution in [0, 0.1) is 0 Å². The number of H-pyrrole nitrogens is 1. The van der Waals surface area contributed by atoms with Crippen LogP contribution in [0.3, 0.4) is 0 Å². The van der Waals surface area contributed by atoms with Crippen molar-refractivity contribution in [2.24, 2.45) is 0 Å². The number of aromatic amines is 1. The first-order valence-corrected chi connectivity index (χ1v) is 12.0. The van der Waals surface area contributed by atoms with Gasteiger partial charge in [0.1, 0.15) is 0 Å². The lowest BCUT2D eigenvalue weighted by molar-refractivity contribution is -0.763. The Balaban J connectivity index is 1.99. The maximum atomic E-state index is 13.3. The first-order chi connectivity index (χ1) is 16.8. The molecule has 1 atom stereocenters. The molecule has 2 heterocycles. The van der Waals surface area contributed by atoms with Gasteiger partial charge < -0.3 is 9.47 Å². The van der Waals surface area contributed by atoms with Gasteiger partial charge in [-0.25, -0.2) is 4.90 Å². The first kappa shape index (κ1) is 24.2. The van der Waals surface area contributed by atoms with E-state index in [4.69, 9.17) is 14.6 Å². The summed E-state index contributed by atoms with van der Waals surface area (Å²) in [5.74, 6) is 0.444. The van der Waals surface area contributed by atoms with Crippen LogP contribution in [0.5, 0.6) is 11.5 Å². The number of hydrogen-bond donors (Lipinski definition) is 1. The Morgan fingerprint density at radius 3 is 2.69 bits per heavy atom. The molecule has 35 heavy (non-hydrogen) atoms. The van der Waals surface area contributed by atoms with Gasteiger partial charge in [-0.15, -0.1) is 6.58 Å². The zero-order valence-corrected chi connectivity index (χ0v) is 20.4. The molecule has 0 spiro atoms. The summed E-state index contributed by atoms with van der Waals surface area (Å²) in [6.07, 6.45) is 0.930. The fraction of sp³-hybridized carbons (Fsp3) is 0.240. The molecule has 0 fully saturated rings. The van der Waals surface area contributed by atoms with E-state index in [1.165, 1.54) is 25.6 Å². The van der Waals surface area contributed by atoms with Gasteiger partial charge in [-0.05, 0) is 41.9 Å². The molecule has 10 heteroatoms. The fourth-order valence-corrected chi connectivity index (χ4v) is 4.59. The second-order valence-electron chi connectivity index (χ2n) is 7.66. The van der Waals surface area contributed by atoms with Crippen LogP contribution in [-0.2, 0) is 9.59 Å². The highest BCUT2D eigenvalue weighted by Crippen LogP contribution is 2.39. The molecule has 3 aromatic rings. The van der Waals surface area contributed by atoms with Gasteiger partial charge in [-0.2, -0.15) is 0 Å². The first-order valence-electron chi connectivity index (χ1n) is 11.0. The normalized spacial score (nSPS) is 14.0. The molecule has 0 aliphatic carbocycles. The highest BCUT2D eigenvalue weighted by Gasteiger charge is 2.45. The van der Waals surface area contributed by atoms with Crippen LogP contribution in [-0.4, -0.2) is 34.3 Å². The summed E-state index contributed by atoms with van der Waals surface area (Å²) in [5.41, 5.74) is 1.81. The summed E-state index contributed by atoms with van der Waals surface area (Å²) in [6, 6.07) is 12.2. The molecule has 0 radical (unpaired) electrons. The second-order valence-corrected chi connectivity index (χ2v) is 8.67. The molecule has 2 aromatic carbocycles. The SMILES string of the molecule is C=CCSc1n[n+]2c(c(=O)[nH]1)-c1ccccc1N(C(C)=O)[C@H]2c1ccc(OC(C)=O)c(OCC)c1. The van der Waals surface area contributed by atoms with Crippen molar-refractivity contribution in [3.8, 4) is 22.8 Å². The number of carbonyl (C=O) groups excluding carboxylic acids is 2. The van der Waals surface area contributed by atoms with Crippen molar-refractivity contribution in [1.82, 2.24) is 10.1 Å². The molecule has 1 aliphatic heterocycles. The molecule has 1 aliphatic rings. The van der Waals surface area contributed by atoms with Crippen molar-refractivity contribution in [1.29, 1.82) is 0 Å². The minimum atomic E-state index is -0.784. The van der Waals surface area contributed by atoms with Crippen molar-refractivity contribution in [3.63, 3.8) is 0 Å². The summed E-state index contributed by atoms with van der Waals surface area (Å²) in [6.45, 7) is 8.65. The Morgan fingerprint density at radius 1 is 1.23 bits per heavy atom. The summed E-state index contributed by atoms with van der Waals surface area (Å²) >= 11 is 1.32. The largest absolute Gasteiger partial charge is 0.490 e. The molecule has 0 saturated heterocycles. The standard InChI is InChI=1S/C25H24N4O5S/c1-5-13-35-25-26-23(32)22-18-9-7-8-10-19(18)28(15(3)30)24(29(22)27-25)17-11-12-20(34-16(4)31)21(14-17)33-6-2/h5,7-12,14,24H,1,6,13H2,2-4H3/p+1/t24-/m1/s1. The van der Waals surface area contributed by atoms with Gasteiger partial charge in [-0.1, -0.05) is 30.0 Å². The van der Waals surface area contributed by atoms with Gasteiger partial charge in [-0.3, -0.25) is 19.4 Å². The topological polar surface area (TPSA) is 105 Å². The zero-order valence-electron chi connectivity index (χ0n) is 19.6. The van der Waals surface area contributed by atoms with E-state index in [0.717, 1.165) is 0 Å². The van der Waals surface area contributed by atoms with Crippen LogP contribution in [0.15, 0.2) is 65.1 Å². The summed E-state index contributed by atoms with van der Waals surface area (Å²) in [5, 5.41) is 5.10. The minimum absolute atomic E-state index is 0.231. The predicted molar refractivity (Wildman–Crippen MR) is 132 cm³/mol. The van der Waals surface area contributed by atoms with Crippen LogP contribution in [0.25, 0.3) is 11.3 Å². The van der Waals surface area contributed by atoms with Crippen LogP contribution in [0.4, 0.5) is 5.69 Å². The lowest BCUT2D eigenvalue weighted by Gasteiger charge is -2.31. The Hall–Kier alpha value is -3.92. The second kappa shape index (κ2) is 10.1. The highest BCUT2D eigenvalue weighted by atomic mass is 32.2. The fourth-order valence-electron chi connectivity index (χ4n) is 4.01. The number of benzene rings is 2. The van der Waals surface area contributed by atoms with Crippen LogP contribution in [0.1, 0.15) is 32.5 Å². The highest BCUT2D eigenvalue weighted by molar-refractivity contribution is 7.99. The summed E-state index contributed by atoms with van der Waals surface area (Å²) < 4.78 is 12.6. The molecule has 1 aromatic heterocycles. The lowest BCUT2D eigenvalue weighted by Crippen LogP contribution is -2.60. The van der Waals surface area contributed by atoms with E-state index in [1.54, 1.807) is 46.0 Å². The van der Waals surface area contributed by atoms with Gasteiger partial charge in [0.25, 0.3) is 6.17 Å². The molecule has 0 unspecified atom stereocenters. The van der Waals surface area contributed by atoms with E-state index >= 15 is 0 Å². The number of carbonyl (C=O) groups is 2. The van der Waals surface area contributed by atoms with Crippen molar-refractivity contribution < 1.29 is 23.7 Å². The number of para-hydroxylation sites is 1. The molecule has 9 nitrogen and oxygen atoms in total. The van der Waals surface area contributed by atoms with E-state index < -0.39 is 12.1 Å². The Morgan fingerprint density at radius 2 is 2.00 bits per heavy atom. The number of rotatable bonds is 7. The third-order valence-electron chi connectivity index (χ3n) is 5.25. The van der Waals surface area contributed by atoms with Crippen molar-refractivity contribution >= 4 is 29.3 Å². The third-order valence-corrected chi connectivity index (χ3v) is 6.11. The lowest BCUT2D eigenvalue weighted by atomic mass is 10.0. The molecule has 0 bridgehead atoms. The quantitative estimate of drug-likeness (QED) is 0.177. The molecule has 4 rings (SSSR count). The Kier molecular flexibility index (Phi) is 7.02. The number of ether oxygens (including phenoxy) is 2. The number of aromatic nitrogens is 3. The van der Waals surface area contributed by atoms with E-state index in [2.05, 4.69) is 11.6 Å². The number of anilines is 1. The molecular weight excluding hydrogens is 468 g/mol. The number of nitrogens with zero attached hydrogens (tertiary/aromatic N) is 3. The van der Waals surface area contributed by atoms with Crippen LogP contribution >= 0.6 is 11.8 Å². The summed E-state index contributed by atoms with van der Waals surface area (Å²) in [7, 11) is 0. The van der Waals surface area contributed by atoms with E-state index in [0.29, 0.717) is 45.8 Å². The Bertz CT molecular complexity index is 1370. The monoisotopic (exact) mass is 493 g/mol. The van der Waals surface area contributed by atoms with Gasteiger partial charge in [0.05, 0.1) is 17.9 Å². The van der Waals surface area contributed by atoms with E-state index in [1.807, 2.05) is 19.1 Å². The van der Waals surface area contributed by atoms with Gasteiger partial charge in [0.15, 0.2) is 11.5 Å². The van der Waals surface area contributed by atoms with Crippen molar-refractivity contribution in [2.75, 3.05) is 17.3 Å². The zero-order chi connectivity index (χ0) is 25.1. The number of amides is 1. The number of nitrogens with one attached hydrogen (secondary N) is 1. The third kappa shape index (κ3) is 4.69. The average Bonchev–Trinajstić information content (AvgIpc) is 2.82.